The fourth-order valence-corrected chi connectivity index (χ4v) is 4.56. The van der Waals surface area contributed by atoms with Gasteiger partial charge in [-0.25, -0.2) is 0 Å². The molecule has 1 aromatic carbocycles. The zero-order valence-corrected chi connectivity index (χ0v) is 16.2. The van der Waals surface area contributed by atoms with Crippen LogP contribution in [-0.4, -0.2) is 45.4 Å². The maximum atomic E-state index is 12.9. The summed E-state index contributed by atoms with van der Waals surface area (Å²) in [6.07, 6.45) is -0.993. The predicted molar refractivity (Wildman–Crippen MR) is 101 cm³/mol. The Morgan fingerprint density at radius 3 is 2.59 bits per heavy atom. The van der Waals surface area contributed by atoms with Gasteiger partial charge in [0.1, 0.15) is 17.5 Å². The molecular formula is C21H24F3N3O2. The molecule has 1 aliphatic heterocycles. The Labute approximate surface area is 167 Å². The topological polar surface area (TPSA) is 69.5 Å². The highest BCUT2D eigenvalue weighted by atomic mass is 19.4. The van der Waals surface area contributed by atoms with Gasteiger partial charge in [0, 0.05) is 18.0 Å². The molecule has 2 atom stereocenters. The van der Waals surface area contributed by atoms with Crippen molar-refractivity contribution in [2.75, 3.05) is 20.1 Å². The number of aliphatic hydroxyl groups excluding tert-OH is 1. The summed E-state index contributed by atoms with van der Waals surface area (Å²) in [5.74, 6) is -0.386. The monoisotopic (exact) mass is 407 g/mol. The van der Waals surface area contributed by atoms with Crippen LogP contribution in [0.2, 0.25) is 0 Å². The van der Waals surface area contributed by atoms with Crippen LogP contribution in [0, 0.1) is 5.92 Å². The van der Waals surface area contributed by atoms with Crippen LogP contribution >= 0.6 is 0 Å². The van der Waals surface area contributed by atoms with Gasteiger partial charge in [-0.1, -0.05) is 0 Å². The molecule has 2 N–H and O–H groups in total. The number of rotatable bonds is 3. The van der Waals surface area contributed by atoms with E-state index in [1.807, 2.05) is 7.05 Å². The Kier molecular flexibility index (Phi) is 5.25. The minimum atomic E-state index is -4.52. The molecule has 0 amide bonds. The minimum absolute atomic E-state index is 0.0815. The Bertz CT molecular complexity index is 917. The lowest BCUT2D eigenvalue weighted by molar-refractivity contribution is -0.137. The minimum Gasteiger partial charge on any atom is -0.507 e. The number of aromatic nitrogens is 2. The van der Waals surface area contributed by atoms with Gasteiger partial charge in [0.15, 0.2) is 0 Å². The number of likely N-dealkylation sites (tertiary alicyclic amines) is 1. The van der Waals surface area contributed by atoms with Crippen LogP contribution in [0.3, 0.4) is 0 Å². The molecular weight excluding hydrogens is 383 g/mol. The summed E-state index contributed by atoms with van der Waals surface area (Å²) >= 11 is 0. The first-order valence-corrected chi connectivity index (χ1v) is 9.91. The van der Waals surface area contributed by atoms with Crippen molar-refractivity contribution in [2.45, 2.75) is 44.4 Å². The number of benzene rings is 1. The van der Waals surface area contributed by atoms with E-state index < -0.39 is 23.6 Å². The zero-order chi connectivity index (χ0) is 20.8. The van der Waals surface area contributed by atoms with Crippen LogP contribution in [0.4, 0.5) is 13.2 Å². The summed E-state index contributed by atoms with van der Waals surface area (Å²) in [4.78, 5) is 2.19. The molecule has 0 saturated carbocycles. The number of aliphatic hydroxyl groups is 1. The van der Waals surface area contributed by atoms with E-state index in [0.717, 1.165) is 62.0 Å². The molecule has 1 unspecified atom stereocenters. The fraction of sp³-hybridized carbons (Fsp3) is 0.524. The molecule has 1 aliphatic carbocycles. The van der Waals surface area contributed by atoms with E-state index in [1.165, 1.54) is 6.07 Å². The molecule has 5 nitrogen and oxygen atoms in total. The first kappa shape index (κ1) is 20.1. The van der Waals surface area contributed by atoms with Crippen LogP contribution < -0.4 is 0 Å². The van der Waals surface area contributed by atoms with Crippen LogP contribution in [0.25, 0.3) is 11.3 Å². The molecule has 2 aliphatic rings. The number of hydrogen-bond acceptors (Lipinski definition) is 5. The Hall–Kier alpha value is -2.19. The molecule has 29 heavy (non-hydrogen) atoms. The summed E-state index contributed by atoms with van der Waals surface area (Å²) in [6, 6.07) is 2.91. The standard InChI is InChI=1S/C21H24F3N3O2/c1-27-9-3-4-12(11-27)20(29)19-15-6-2-5-14(15)18(25-26-19)16-8-7-13(10-17(16)28)21(22,23)24/h7-8,10,12,20,28-29H,2-6,9,11H2,1H3/t12-,20?/m1/s1. The molecule has 156 valence electrons. The highest BCUT2D eigenvalue weighted by Crippen LogP contribution is 2.41. The molecule has 1 saturated heterocycles. The van der Waals surface area contributed by atoms with Crippen LogP contribution in [0.15, 0.2) is 18.2 Å². The number of nitrogens with zero attached hydrogens (tertiary/aromatic N) is 3. The third-order valence-corrected chi connectivity index (χ3v) is 6.04. The van der Waals surface area contributed by atoms with Crippen LogP contribution in [0.5, 0.6) is 5.75 Å². The molecule has 8 heteroatoms. The number of halogens is 3. The van der Waals surface area contributed by atoms with Gasteiger partial charge >= 0.3 is 6.18 Å². The number of aromatic hydroxyl groups is 1. The maximum absolute atomic E-state index is 12.9. The molecule has 0 bridgehead atoms. The summed E-state index contributed by atoms with van der Waals surface area (Å²) < 4.78 is 38.7. The highest BCUT2D eigenvalue weighted by molar-refractivity contribution is 5.71. The van der Waals surface area contributed by atoms with E-state index in [1.54, 1.807) is 0 Å². The molecule has 1 aromatic heterocycles. The van der Waals surface area contributed by atoms with E-state index in [4.69, 9.17) is 0 Å². The van der Waals surface area contributed by atoms with Gasteiger partial charge in [0.05, 0.1) is 11.3 Å². The lowest BCUT2D eigenvalue weighted by atomic mass is 9.88. The maximum Gasteiger partial charge on any atom is 0.416 e. The van der Waals surface area contributed by atoms with Crippen molar-refractivity contribution < 1.29 is 23.4 Å². The van der Waals surface area contributed by atoms with Gasteiger partial charge in [-0.15, -0.1) is 5.10 Å². The van der Waals surface area contributed by atoms with Crippen molar-refractivity contribution in [2.24, 2.45) is 5.92 Å². The van der Waals surface area contributed by atoms with E-state index in [0.29, 0.717) is 17.8 Å². The van der Waals surface area contributed by atoms with E-state index >= 15 is 0 Å². The molecule has 1 fully saturated rings. The van der Waals surface area contributed by atoms with E-state index in [9.17, 15) is 23.4 Å². The molecule has 0 spiro atoms. The highest BCUT2D eigenvalue weighted by Gasteiger charge is 2.34. The number of piperidine rings is 1. The van der Waals surface area contributed by atoms with E-state index in [-0.39, 0.29) is 11.5 Å². The second-order valence-electron chi connectivity index (χ2n) is 8.08. The Morgan fingerprint density at radius 1 is 1.14 bits per heavy atom. The second-order valence-corrected chi connectivity index (χ2v) is 8.08. The largest absolute Gasteiger partial charge is 0.507 e. The van der Waals surface area contributed by atoms with Crippen LogP contribution in [0.1, 0.15) is 47.8 Å². The fourth-order valence-electron chi connectivity index (χ4n) is 4.56. The molecule has 0 radical (unpaired) electrons. The van der Waals surface area contributed by atoms with Gasteiger partial charge in [-0.2, -0.15) is 18.3 Å². The lowest BCUT2D eigenvalue weighted by Gasteiger charge is -2.33. The van der Waals surface area contributed by atoms with Crippen molar-refractivity contribution >= 4 is 0 Å². The van der Waals surface area contributed by atoms with Gasteiger partial charge < -0.3 is 15.1 Å². The smallest absolute Gasteiger partial charge is 0.416 e. The molecule has 2 aromatic rings. The van der Waals surface area contributed by atoms with Gasteiger partial charge in [0.2, 0.25) is 0 Å². The van der Waals surface area contributed by atoms with Crippen molar-refractivity contribution in [1.29, 1.82) is 0 Å². The van der Waals surface area contributed by atoms with Crippen molar-refractivity contribution in [3.05, 3.63) is 40.6 Å². The van der Waals surface area contributed by atoms with Crippen molar-refractivity contribution in [1.82, 2.24) is 15.1 Å². The third-order valence-electron chi connectivity index (χ3n) is 6.04. The van der Waals surface area contributed by atoms with Gasteiger partial charge in [0.25, 0.3) is 0 Å². The summed E-state index contributed by atoms with van der Waals surface area (Å²) in [5, 5.41) is 29.7. The quantitative estimate of drug-likeness (QED) is 0.812. The number of fused-ring (bicyclic) bond motifs is 1. The summed E-state index contributed by atoms with van der Waals surface area (Å²) in [7, 11) is 2.03. The van der Waals surface area contributed by atoms with Gasteiger partial charge in [-0.05, 0) is 75.0 Å². The number of alkyl halides is 3. The summed E-state index contributed by atoms with van der Waals surface area (Å²) in [5.41, 5.74) is 2.11. The number of hydrogen-bond donors (Lipinski definition) is 2. The van der Waals surface area contributed by atoms with Crippen LogP contribution in [-0.2, 0) is 19.0 Å². The van der Waals surface area contributed by atoms with Crippen molar-refractivity contribution in [3.8, 4) is 17.0 Å². The average molecular weight is 407 g/mol. The first-order chi connectivity index (χ1) is 13.8. The molecule has 4 rings (SSSR count). The zero-order valence-electron chi connectivity index (χ0n) is 16.2. The van der Waals surface area contributed by atoms with E-state index in [2.05, 4.69) is 15.1 Å². The lowest BCUT2D eigenvalue weighted by Crippen LogP contribution is -2.35. The predicted octanol–water partition coefficient (Wildman–Crippen LogP) is 3.73. The summed E-state index contributed by atoms with van der Waals surface area (Å²) in [6.45, 7) is 1.80. The van der Waals surface area contributed by atoms with Crippen molar-refractivity contribution in [3.63, 3.8) is 0 Å². The SMILES string of the molecule is CN1CCC[C@@H](C(O)c2nnc(-c3ccc(C(F)(F)F)cc3O)c3c2CCC3)C1. The van der Waals surface area contributed by atoms with Gasteiger partial charge in [-0.3, -0.25) is 0 Å². The Morgan fingerprint density at radius 2 is 1.90 bits per heavy atom. The normalized spacial score (nSPS) is 21.2. The first-order valence-electron chi connectivity index (χ1n) is 9.91. The number of phenolic OH excluding ortho intramolecular Hbond substituents is 1. The second kappa shape index (κ2) is 7.57. The number of phenols is 1. The Balaban J connectivity index is 1.70. The third kappa shape index (κ3) is 3.83. The average Bonchev–Trinajstić information content (AvgIpc) is 3.16. The molecule has 2 heterocycles.